The number of rotatable bonds is 3. The van der Waals surface area contributed by atoms with Gasteiger partial charge in [-0.15, -0.1) is 0 Å². The van der Waals surface area contributed by atoms with Gasteiger partial charge in [0.2, 0.25) is 5.60 Å². The third-order valence-electron chi connectivity index (χ3n) is 2.22. The van der Waals surface area contributed by atoms with Gasteiger partial charge in [0.25, 0.3) is 0 Å². The van der Waals surface area contributed by atoms with Crippen molar-refractivity contribution in [3.05, 3.63) is 18.0 Å². The first kappa shape index (κ1) is 12.0. The minimum atomic E-state index is -4.76. The lowest BCUT2D eigenvalue weighted by molar-refractivity contribution is -0.270. The van der Waals surface area contributed by atoms with Gasteiger partial charge in [-0.3, -0.25) is 4.68 Å². The van der Waals surface area contributed by atoms with Crippen LogP contribution in [0.4, 0.5) is 13.2 Å². The molecule has 15 heavy (non-hydrogen) atoms. The van der Waals surface area contributed by atoms with Gasteiger partial charge in [0.15, 0.2) is 0 Å². The Kier molecular flexibility index (Phi) is 3.05. The molecule has 4 nitrogen and oxygen atoms in total. The Morgan fingerprint density at radius 1 is 1.53 bits per heavy atom. The van der Waals surface area contributed by atoms with E-state index in [1.54, 1.807) is 0 Å². The van der Waals surface area contributed by atoms with Crippen LogP contribution in [-0.4, -0.2) is 27.6 Å². The van der Waals surface area contributed by atoms with Crippen LogP contribution in [0.15, 0.2) is 12.3 Å². The van der Waals surface area contributed by atoms with Gasteiger partial charge in [-0.25, -0.2) is 0 Å². The van der Waals surface area contributed by atoms with Crippen molar-refractivity contribution in [1.29, 1.82) is 0 Å². The van der Waals surface area contributed by atoms with Crippen molar-refractivity contribution >= 4 is 0 Å². The highest BCUT2D eigenvalue weighted by atomic mass is 19.4. The van der Waals surface area contributed by atoms with Gasteiger partial charge in [-0.2, -0.15) is 18.3 Å². The molecule has 0 spiro atoms. The van der Waals surface area contributed by atoms with Crippen LogP contribution in [0.25, 0.3) is 0 Å². The summed E-state index contributed by atoms with van der Waals surface area (Å²) in [6, 6.07) is 1.13. The predicted molar refractivity (Wildman–Crippen MR) is 46.8 cm³/mol. The molecule has 1 rings (SSSR count). The molecule has 0 aliphatic rings. The number of aromatic nitrogens is 2. The Bertz CT molecular complexity index is 336. The fraction of sp³-hybridized carbons (Fsp3) is 0.625. The molecule has 1 aromatic rings. The molecule has 1 aromatic heterocycles. The van der Waals surface area contributed by atoms with Crippen molar-refractivity contribution in [2.45, 2.75) is 18.2 Å². The van der Waals surface area contributed by atoms with Crippen molar-refractivity contribution < 1.29 is 18.3 Å². The molecule has 1 heterocycles. The van der Waals surface area contributed by atoms with Gasteiger partial charge < -0.3 is 10.8 Å². The molecule has 0 amide bonds. The Hall–Kier alpha value is -1.08. The summed E-state index contributed by atoms with van der Waals surface area (Å²) < 4.78 is 39.1. The molecule has 0 aromatic carbocycles. The minimum Gasteiger partial charge on any atom is -0.375 e. The maximum absolute atomic E-state index is 12.7. The number of aliphatic hydroxyl groups is 1. The Labute approximate surface area is 84.5 Å². The van der Waals surface area contributed by atoms with Gasteiger partial charge >= 0.3 is 6.18 Å². The SMILES string of the molecule is Cn1nccc1C(O)(CCN)C(F)(F)F. The van der Waals surface area contributed by atoms with Gasteiger partial charge in [-0.1, -0.05) is 0 Å². The van der Waals surface area contributed by atoms with Crippen molar-refractivity contribution in [3.8, 4) is 0 Å². The zero-order valence-corrected chi connectivity index (χ0v) is 8.12. The van der Waals surface area contributed by atoms with Crippen LogP contribution in [0.3, 0.4) is 0 Å². The lowest BCUT2D eigenvalue weighted by atomic mass is 9.95. The van der Waals surface area contributed by atoms with Crippen molar-refractivity contribution in [2.75, 3.05) is 6.54 Å². The van der Waals surface area contributed by atoms with Crippen LogP contribution in [0.2, 0.25) is 0 Å². The normalized spacial score (nSPS) is 16.4. The molecule has 7 heteroatoms. The summed E-state index contributed by atoms with van der Waals surface area (Å²) in [5, 5.41) is 13.2. The number of hydrogen-bond acceptors (Lipinski definition) is 3. The molecule has 0 bridgehead atoms. The highest BCUT2D eigenvalue weighted by molar-refractivity contribution is 5.14. The Balaban J connectivity index is 3.19. The molecule has 0 fully saturated rings. The lowest BCUT2D eigenvalue weighted by Gasteiger charge is -2.30. The van der Waals surface area contributed by atoms with Crippen LogP contribution < -0.4 is 5.73 Å². The maximum atomic E-state index is 12.7. The molecule has 1 unspecified atom stereocenters. The van der Waals surface area contributed by atoms with Crippen LogP contribution in [0.1, 0.15) is 12.1 Å². The predicted octanol–water partition coefficient (Wildman–Crippen LogP) is 0.519. The van der Waals surface area contributed by atoms with E-state index in [2.05, 4.69) is 5.10 Å². The van der Waals surface area contributed by atoms with Crippen LogP contribution >= 0.6 is 0 Å². The van der Waals surface area contributed by atoms with Crippen LogP contribution in [0.5, 0.6) is 0 Å². The van der Waals surface area contributed by atoms with Gasteiger partial charge in [0, 0.05) is 19.7 Å². The quantitative estimate of drug-likeness (QED) is 0.785. The second-order valence-electron chi connectivity index (χ2n) is 3.24. The van der Waals surface area contributed by atoms with Gasteiger partial charge in [0.1, 0.15) is 0 Å². The molecule has 0 saturated heterocycles. The van der Waals surface area contributed by atoms with Crippen molar-refractivity contribution in [1.82, 2.24) is 9.78 Å². The molecule has 3 N–H and O–H groups in total. The monoisotopic (exact) mass is 223 g/mol. The first-order valence-corrected chi connectivity index (χ1v) is 4.30. The van der Waals surface area contributed by atoms with Crippen molar-refractivity contribution in [3.63, 3.8) is 0 Å². The first-order valence-electron chi connectivity index (χ1n) is 4.30. The number of aryl methyl sites for hydroxylation is 1. The fourth-order valence-electron chi connectivity index (χ4n) is 1.40. The largest absolute Gasteiger partial charge is 0.423 e. The highest BCUT2D eigenvalue weighted by Gasteiger charge is 2.55. The van der Waals surface area contributed by atoms with Crippen molar-refractivity contribution in [2.24, 2.45) is 12.8 Å². The third kappa shape index (κ3) is 1.98. The van der Waals surface area contributed by atoms with Gasteiger partial charge in [-0.05, 0) is 12.6 Å². The number of alkyl halides is 3. The van der Waals surface area contributed by atoms with E-state index in [0.29, 0.717) is 0 Å². The standard InChI is InChI=1S/C8H12F3N3O/c1-14-6(2-5-13-14)7(15,3-4-12)8(9,10)11/h2,5,15H,3-4,12H2,1H3. The number of nitrogens with two attached hydrogens (primary N) is 1. The van der Waals surface area contributed by atoms with E-state index in [1.807, 2.05) is 0 Å². The maximum Gasteiger partial charge on any atom is 0.423 e. The first-order chi connectivity index (χ1) is 6.83. The molecule has 0 aliphatic carbocycles. The third-order valence-corrected chi connectivity index (χ3v) is 2.22. The molecule has 0 saturated carbocycles. The summed E-state index contributed by atoms with van der Waals surface area (Å²) >= 11 is 0. The van der Waals surface area contributed by atoms with Gasteiger partial charge in [0.05, 0.1) is 5.69 Å². The molecular formula is C8H12F3N3O. The lowest BCUT2D eigenvalue weighted by Crippen LogP contribution is -2.45. The van der Waals surface area contributed by atoms with E-state index >= 15 is 0 Å². The number of nitrogens with zero attached hydrogens (tertiary/aromatic N) is 2. The van der Waals surface area contributed by atoms with E-state index in [1.165, 1.54) is 13.2 Å². The smallest absolute Gasteiger partial charge is 0.375 e. The summed E-state index contributed by atoms with van der Waals surface area (Å²) in [5.74, 6) is 0. The Morgan fingerprint density at radius 3 is 2.47 bits per heavy atom. The zero-order valence-electron chi connectivity index (χ0n) is 8.12. The summed E-state index contributed by atoms with van der Waals surface area (Å²) in [6.07, 6.45) is -4.15. The summed E-state index contributed by atoms with van der Waals surface area (Å²) in [6.45, 7) is -0.263. The summed E-state index contributed by atoms with van der Waals surface area (Å²) in [7, 11) is 1.34. The topological polar surface area (TPSA) is 64.1 Å². The summed E-state index contributed by atoms with van der Waals surface area (Å²) in [4.78, 5) is 0. The number of halogens is 3. The molecule has 1 atom stereocenters. The Morgan fingerprint density at radius 2 is 2.13 bits per heavy atom. The zero-order chi connectivity index (χ0) is 11.7. The molecule has 0 radical (unpaired) electrons. The average Bonchev–Trinajstić information content (AvgIpc) is 2.50. The number of hydrogen-bond donors (Lipinski definition) is 2. The van der Waals surface area contributed by atoms with Crippen LogP contribution in [0, 0.1) is 0 Å². The molecule has 86 valence electrons. The van der Waals surface area contributed by atoms with E-state index in [4.69, 9.17) is 5.73 Å². The van der Waals surface area contributed by atoms with E-state index in [-0.39, 0.29) is 12.2 Å². The second kappa shape index (κ2) is 3.82. The fourth-order valence-corrected chi connectivity index (χ4v) is 1.40. The van der Waals surface area contributed by atoms with E-state index in [0.717, 1.165) is 10.7 Å². The van der Waals surface area contributed by atoms with Crippen LogP contribution in [-0.2, 0) is 12.6 Å². The highest BCUT2D eigenvalue weighted by Crippen LogP contribution is 2.40. The molecular weight excluding hydrogens is 211 g/mol. The minimum absolute atomic E-state index is 0.263. The average molecular weight is 223 g/mol. The van der Waals surface area contributed by atoms with E-state index in [9.17, 15) is 18.3 Å². The molecule has 0 aliphatic heterocycles. The van der Waals surface area contributed by atoms with E-state index < -0.39 is 18.2 Å². The summed E-state index contributed by atoms with van der Waals surface area (Å²) in [5.41, 5.74) is 1.85. The second-order valence-corrected chi connectivity index (χ2v) is 3.24.